The Kier molecular flexibility index (Phi) is 7.16. The molecule has 1 aliphatic rings. The zero-order chi connectivity index (χ0) is 22.3. The van der Waals surface area contributed by atoms with Gasteiger partial charge in [0.1, 0.15) is 0 Å². The molecule has 2 N–H and O–H groups in total. The lowest BCUT2D eigenvalue weighted by atomic mass is 9.95. The molecule has 1 aromatic carbocycles. The first kappa shape index (κ1) is 22.0. The van der Waals surface area contributed by atoms with Crippen LogP contribution in [0.2, 0.25) is 0 Å². The number of carbonyl (C=O) groups excluding carboxylic acids is 2. The highest BCUT2D eigenvalue weighted by molar-refractivity contribution is 7.99. The molecule has 0 saturated heterocycles. The molecular formula is C23H26N6O2S. The fourth-order valence-corrected chi connectivity index (χ4v) is 4.71. The highest BCUT2D eigenvalue weighted by Crippen LogP contribution is 2.35. The predicted molar refractivity (Wildman–Crippen MR) is 125 cm³/mol. The van der Waals surface area contributed by atoms with Crippen molar-refractivity contribution >= 4 is 35.0 Å². The number of aromatic nitrogens is 4. The number of rotatable bonds is 7. The number of nitrogens with zero attached hydrogens (tertiary/aromatic N) is 4. The van der Waals surface area contributed by atoms with Gasteiger partial charge in [-0.05, 0) is 49.2 Å². The fourth-order valence-electron chi connectivity index (χ4n) is 3.91. The second kappa shape index (κ2) is 10.4. The molecule has 0 bridgehead atoms. The smallest absolute Gasteiger partial charge is 0.234 e. The van der Waals surface area contributed by atoms with Crippen LogP contribution in [0.15, 0.2) is 53.9 Å². The Balaban J connectivity index is 1.45. The van der Waals surface area contributed by atoms with E-state index in [-0.39, 0.29) is 17.6 Å². The zero-order valence-electron chi connectivity index (χ0n) is 18.0. The molecule has 0 aliphatic heterocycles. The Bertz CT molecular complexity index is 1060. The van der Waals surface area contributed by atoms with Crippen LogP contribution in [0.1, 0.15) is 45.1 Å². The van der Waals surface area contributed by atoms with Crippen molar-refractivity contribution in [2.24, 2.45) is 0 Å². The molecule has 3 aromatic rings. The summed E-state index contributed by atoms with van der Waals surface area (Å²) in [5.41, 5.74) is 2.35. The average Bonchev–Trinajstić information content (AvgIpc) is 3.24. The van der Waals surface area contributed by atoms with Crippen molar-refractivity contribution in [3.63, 3.8) is 0 Å². The maximum Gasteiger partial charge on any atom is 0.234 e. The number of benzene rings is 1. The van der Waals surface area contributed by atoms with Gasteiger partial charge >= 0.3 is 0 Å². The van der Waals surface area contributed by atoms with Crippen molar-refractivity contribution in [2.45, 2.75) is 50.2 Å². The predicted octanol–water partition coefficient (Wildman–Crippen LogP) is 4.53. The number of nitrogens with one attached hydrogen (secondary N) is 2. The van der Waals surface area contributed by atoms with Crippen molar-refractivity contribution in [3.8, 4) is 11.4 Å². The average molecular weight is 451 g/mol. The van der Waals surface area contributed by atoms with Gasteiger partial charge in [-0.3, -0.25) is 19.1 Å². The molecule has 2 heterocycles. The van der Waals surface area contributed by atoms with Crippen molar-refractivity contribution in [1.29, 1.82) is 0 Å². The topological polar surface area (TPSA) is 102 Å². The van der Waals surface area contributed by atoms with Gasteiger partial charge in [0.15, 0.2) is 11.0 Å². The molecule has 0 radical (unpaired) electrons. The number of thioether (sulfide) groups is 1. The first-order chi connectivity index (χ1) is 15.6. The summed E-state index contributed by atoms with van der Waals surface area (Å²) in [5, 5.41) is 15.2. The van der Waals surface area contributed by atoms with Gasteiger partial charge in [-0.2, -0.15) is 0 Å². The third kappa shape index (κ3) is 5.53. The molecule has 0 spiro atoms. The molecule has 1 fully saturated rings. The number of pyridine rings is 1. The standard InChI is InChI=1S/C23H26N6O2S/c1-16(30)25-18-7-9-19(10-8-18)26-21(31)15-32-23-28-27-22(17-11-13-24-14-12-17)29(23)20-5-3-2-4-6-20/h7-14,20H,2-6,15H2,1H3,(H,25,30)(H,26,31). The van der Waals surface area contributed by atoms with Crippen LogP contribution in [0.5, 0.6) is 0 Å². The van der Waals surface area contributed by atoms with Crippen LogP contribution in [0.4, 0.5) is 11.4 Å². The zero-order valence-corrected chi connectivity index (χ0v) is 18.8. The van der Waals surface area contributed by atoms with E-state index in [1.54, 1.807) is 36.7 Å². The fraction of sp³-hybridized carbons (Fsp3) is 0.348. The van der Waals surface area contributed by atoms with E-state index >= 15 is 0 Å². The Morgan fingerprint density at radius 1 is 0.969 bits per heavy atom. The van der Waals surface area contributed by atoms with Gasteiger partial charge in [0.05, 0.1) is 5.75 Å². The second-order valence-electron chi connectivity index (χ2n) is 7.80. The van der Waals surface area contributed by atoms with E-state index in [4.69, 9.17) is 0 Å². The van der Waals surface area contributed by atoms with Crippen molar-refractivity contribution < 1.29 is 9.59 Å². The number of carbonyl (C=O) groups is 2. The molecule has 9 heteroatoms. The van der Waals surface area contributed by atoms with Crippen LogP contribution in [0, 0.1) is 0 Å². The van der Waals surface area contributed by atoms with Crippen molar-refractivity contribution in [1.82, 2.24) is 19.7 Å². The highest BCUT2D eigenvalue weighted by atomic mass is 32.2. The summed E-state index contributed by atoms with van der Waals surface area (Å²) in [7, 11) is 0. The van der Waals surface area contributed by atoms with Gasteiger partial charge in [-0.15, -0.1) is 10.2 Å². The van der Waals surface area contributed by atoms with E-state index in [9.17, 15) is 9.59 Å². The molecule has 2 aromatic heterocycles. The number of hydrogen-bond donors (Lipinski definition) is 2. The largest absolute Gasteiger partial charge is 0.326 e. The molecule has 1 aliphatic carbocycles. The van der Waals surface area contributed by atoms with Gasteiger partial charge in [-0.1, -0.05) is 31.0 Å². The highest BCUT2D eigenvalue weighted by Gasteiger charge is 2.24. The van der Waals surface area contributed by atoms with Gasteiger partial charge in [0, 0.05) is 42.3 Å². The number of hydrogen-bond acceptors (Lipinski definition) is 6. The third-order valence-electron chi connectivity index (χ3n) is 5.36. The maximum atomic E-state index is 12.5. The monoisotopic (exact) mass is 450 g/mol. The van der Waals surface area contributed by atoms with Gasteiger partial charge in [0.2, 0.25) is 11.8 Å². The SMILES string of the molecule is CC(=O)Nc1ccc(NC(=O)CSc2nnc(-c3ccncc3)n2C2CCCCC2)cc1. The van der Waals surface area contributed by atoms with E-state index in [1.165, 1.54) is 37.9 Å². The molecule has 166 valence electrons. The molecule has 0 unspecified atom stereocenters. The minimum atomic E-state index is -0.133. The van der Waals surface area contributed by atoms with E-state index in [1.807, 2.05) is 12.1 Å². The summed E-state index contributed by atoms with van der Waals surface area (Å²) in [6.07, 6.45) is 9.34. The molecule has 32 heavy (non-hydrogen) atoms. The van der Waals surface area contributed by atoms with Crippen molar-refractivity contribution in [3.05, 3.63) is 48.8 Å². The van der Waals surface area contributed by atoms with Crippen LogP contribution in [-0.4, -0.2) is 37.3 Å². The lowest BCUT2D eigenvalue weighted by molar-refractivity contribution is -0.114. The third-order valence-corrected chi connectivity index (χ3v) is 6.31. The lowest BCUT2D eigenvalue weighted by Gasteiger charge is -2.25. The summed E-state index contributed by atoms with van der Waals surface area (Å²) in [6.45, 7) is 1.46. The minimum absolute atomic E-state index is 0.120. The summed E-state index contributed by atoms with van der Waals surface area (Å²) in [5.74, 6) is 0.808. The first-order valence-corrected chi connectivity index (χ1v) is 11.7. The Morgan fingerprint density at radius 3 is 2.28 bits per heavy atom. The normalized spacial score (nSPS) is 14.2. The summed E-state index contributed by atoms with van der Waals surface area (Å²) >= 11 is 1.40. The molecular weight excluding hydrogens is 424 g/mol. The van der Waals surface area contributed by atoms with E-state index in [0.29, 0.717) is 17.4 Å². The van der Waals surface area contributed by atoms with Crippen LogP contribution < -0.4 is 10.6 Å². The second-order valence-corrected chi connectivity index (χ2v) is 8.74. The molecule has 8 nitrogen and oxygen atoms in total. The molecule has 2 amide bonds. The van der Waals surface area contributed by atoms with Gasteiger partial charge < -0.3 is 10.6 Å². The molecule has 0 atom stereocenters. The van der Waals surface area contributed by atoms with Crippen LogP contribution in [-0.2, 0) is 9.59 Å². The Hall–Kier alpha value is -3.20. The van der Waals surface area contributed by atoms with E-state index in [2.05, 4.69) is 30.4 Å². The Morgan fingerprint density at radius 2 is 1.62 bits per heavy atom. The van der Waals surface area contributed by atoms with Crippen LogP contribution in [0.25, 0.3) is 11.4 Å². The van der Waals surface area contributed by atoms with Crippen LogP contribution >= 0.6 is 11.8 Å². The molecule has 1 saturated carbocycles. The number of amides is 2. The lowest BCUT2D eigenvalue weighted by Crippen LogP contribution is -2.17. The summed E-state index contributed by atoms with van der Waals surface area (Å²) in [6, 6.07) is 11.3. The van der Waals surface area contributed by atoms with E-state index < -0.39 is 0 Å². The molecule has 4 rings (SSSR count). The van der Waals surface area contributed by atoms with Gasteiger partial charge in [-0.25, -0.2) is 0 Å². The van der Waals surface area contributed by atoms with E-state index in [0.717, 1.165) is 29.4 Å². The maximum absolute atomic E-state index is 12.5. The number of anilines is 2. The van der Waals surface area contributed by atoms with Crippen molar-refractivity contribution in [2.75, 3.05) is 16.4 Å². The summed E-state index contributed by atoms with van der Waals surface area (Å²) in [4.78, 5) is 27.8. The Labute approximate surface area is 191 Å². The quantitative estimate of drug-likeness (QED) is 0.513. The first-order valence-electron chi connectivity index (χ1n) is 10.8. The summed E-state index contributed by atoms with van der Waals surface area (Å²) < 4.78 is 2.20. The minimum Gasteiger partial charge on any atom is -0.326 e. The van der Waals surface area contributed by atoms with Gasteiger partial charge in [0.25, 0.3) is 0 Å². The van der Waals surface area contributed by atoms with Crippen LogP contribution in [0.3, 0.4) is 0 Å².